The average Bonchev–Trinajstić information content (AvgIpc) is 2.45. The Balaban J connectivity index is 2.16. The van der Waals surface area contributed by atoms with E-state index in [1.54, 1.807) is 13.0 Å². The number of anilines is 1. The van der Waals surface area contributed by atoms with Gasteiger partial charge in [-0.05, 0) is 13.0 Å². The van der Waals surface area contributed by atoms with Crippen molar-refractivity contribution in [3.63, 3.8) is 0 Å². The minimum Gasteiger partial charge on any atom is -0.463 e. The van der Waals surface area contributed by atoms with E-state index in [0.29, 0.717) is 11.5 Å². The molecule has 0 unspecified atom stereocenters. The zero-order chi connectivity index (χ0) is 15.4. The standard InChI is InChI=1S/C14H13F2N3O2/c1-8-5-12(19-13(18-8)14(20)21-2)17-7-9-3-4-10(15)6-11(9)16/h3-6H,7H2,1-2H3,(H,17,18,19). The molecule has 110 valence electrons. The first-order valence-corrected chi connectivity index (χ1v) is 6.11. The molecule has 1 aromatic carbocycles. The van der Waals surface area contributed by atoms with Gasteiger partial charge in [0.1, 0.15) is 17.5 Å². The van der Waals surface area contributed by atoms with E-state index in [0.717, 1.165) is 6.07 Å². The van der Waals surface area contributed by atoms with Crippen molar-refractivity contribution in [2.75, 3.05) is 12.4 Å². The van der Waals surface area contributed by atoms with Crippen molar-refractivity contribution in [2.24, 2.45) is 0 Å². The Morgan fingerprint density at radius 1 is 1.29 bits per heavy atom. The summed E-state index contributed by atoms with van der Waals surface area (Å²) >= 11 is 0. The van der Waals surface area contributed by atoms with E-state index in [9.17, 15) is 13.6 Å². The van der Waals surface area contributed by atoms with E-state index in [4.69, 9.17) is 0 Å². The van der Waals surface area contributed by atoms with Crippen molar-refractivity contribution in [2.45, 2.75) is 13.5 Å². The molecule has 0 spiro atoms. The molecule has 0 radical (unpaired) electrons. The molecule has 0 atom stereocenters. The lowest BCUT2D eigenvalue weighted by atomic mass is 10.2. The molecule has 2 aromatic rings. The maximum absolute atomic E-state index is 13.5. The van der Waals surface area contributed by atoms with Gasteiger partial charge in [-0.15, -0.1) is 0 Å². The van der Waals surface area contributed by atoms with Crippen LogP contribution in [0.3, 0.4) is 0 Å². The number of nitrogens with zero attached hydrogens (tertiary/aromatic N) is 2. The molecule has 1 aromatic heterocycles. The normalized spacial score (nSPS) is 10.3. The van der Waals surface area contributed by atoms with Crippen molar-refractivity contribution >= 4 is 11.8 Å². The number of hydrogen-bond acceptors (Lipinski definition) is 5. The molecule has 2 rings (SSSR count). The Hall–Kier alpha value is -2.57. The molecule has 0 saturated carbocycles. The van der Waals surface area contributed by atoms with E-state index in [-0.39, 0.29) is 17.9 Å². The summed E-state index contributed by atoms with van der Waals surface area (Å²) in [5.74, 6) is -1.68. The van der Waals surface area contributed by atoms with Crippen LogP contribution in [0.4, 0.5) is 14.6 Å². The molecule has 0 aliphatic heterocycles. The fraction of sp³-hybridized carbons (Fsp3) is 0.214. The Kier molecular flexibility index (Phi) is 4.42. The van der Waals surface area contributed by atoms with Crippen LogP contribution in [0.15, 0.2) is 24.3 Å². The molecule has 0 saturated heterocycles. The number of carbonyl (C=O) groups is 1. The van der Waals surface area contributed by atoms with Crippen LogP contribution in [0, 0.1) is 18.6 Å². The highest BCUT2D eigenvalue weighted by atomic mass is 19.1. The molecule has 21 heavy (non-hydrogen) atoms. The Morgan fingerprint density at radius 3 is 2.71 bits per heavy atom. The third kappa shape index (κ3) is 3.71. The van der Waals surface area contributed by atoms with E-state index in [1.165, 1.54) is 19.2 Å². The average molecular weight is 293 g/mol. The maximum Gasteiger partial charge on any atom is 0.376 e. The molecule has 7 heteroatoms. The SMILES string of the molecule is COC(=O)c1nc(C)cc(NCc2ccc(F)cc2F)n1. The van der Waals surface area contributed by atoms with Crippen LogP contribution in [0.25, 0.3) is 0 Å². The fourth-order valence-corrected chi connectivity index (χ4v) is 1.69. The first-order valence-electron chi connectivity index (χ1n) is 6.11. The Labute approximate surface area is 120 Å². The zero-order valence-corrected chi connectivity index (χ0v) is 11.5. The van der Waals surface area contributed by atoms with Crippen LogP contribution in [0.1, 0.15) is 21.9 Å². The molecule has 1 heterocycles. The maximum atomic E-state index is 13.5. The summed E-state index contributed by atoms with van der Waals surface area (Å²) in [5, 5.41) is 2.86. The largest absolute Gasteiger partial charge is 0.463 e. The quantitative estimate of drug-likeness (QED) is 0.877. The lowest BCUT2D eigenvalue weighted by molar-refractivity contribution is 0.0586. The minimum atomic E-state index is -0.658. The van der Waals surface area contributed by atoms with Crippen LogP contribution in [0.5, 0.6) is 0 Å². The van der Waals surface area contributed by atoms with Gasteiger partial charge in [0.25, 0.3) is 0 Å². The molecule has 0 aliphatic rings. The van der Waals surface area contributed by atoms with Gasteiger partial charge in [-0.25, -0.2) is 23.5 Å². The molecule has 0 bridgehead atoms. The monoisotopic (exact) mass is 293 g/mol. The summed E-state index contributed by atoms with van der Waals surface area (Å²) in [6, 6.07) is 4.92. The lowest BCUT2D eigenvalue weighted by Gasteiger charge is -2.08. The summed E-state index contributed by atoms with van der Waals surface area (Å²) < 4.78 is 30.9. The second-order valence-corrected chi connectivity index (χ2v) is 4.30. The van der Waals surface area contributed by atoms with Crippen LogP contribution >= 0.6 is 0 Å². The van der Waals surface area contributed by atoms with Gasteiger partial charge in [0, 0.05) is 29.9 Å². The van der Waals surface area contributed by atoms with E-state index >= 15 is 0 Å². The second-order valence-electron chi connectivity index (χ2n) is 4.30. The number of esters is 1. The number of aromatic nitrogens is 2. The van der Waals surface area contributed by atoms with Crippen LogP contribution in [-0.4, -0.2) is 23.0 Å². The third-order valence-corrected chi connectivity index (χ3v) is 2.70. The van der Waals surface area contributed by atoms with Crippen molar-refractivity contribution < 1.29 is 18.3 Å². The van der Waals surface area contributed by atoms with Gasteiger partial charge in [-0.3, -0.25) is 0 Å². The fourth-order valence-electron chi connectivity index (χ4n) is 1.69. The van der Waals surface area contributed by atoms with Crippen LogP contribution < -0.4 is 5.32 Å². The highest BCUT2D eigenvalue weighted by Gasteiger charge is 2.12. The number of ether oxygens (including phenoxy) is 1. The number of halogens is 2. The number of methoxy groups -OCH3 is 1. The molecular weight excluding hydrogens is 280 g/mol. The summed E-state index contributed by atoms with van der Waals surface area (Å²) in [5.41, 5.74) is 0.847. The molecule has 0 aliphatic carbocycles. The lowest BCUT2D eigenvalue weighted by Crippen LogP contribution is -2.11. The summed E-state index contributed by atoms with van der Waals surface area (Å²) in [4.78, 5) is 19.3. The third-order valence-electron chi connectivity index (χ3n) is 2.70. The van der Waals surface area contributed by atoms with Crippen molar-refractivity contribution in [1.29, 1.82) is 0 Å². The molecule has 5 nitrogen and oxygen atoms in total. The van der Waals surface area contributed by atoms with Crippen molar-refractivity contribution in [1.82, 2.24) is 9.97 Å². The number of nitrogens with one attached hydrogen (secondary N) is 1. The Morgan fingerprint density at radius 2 is 2.05 bits per heavy atom. The number of carbonyl (C=O) groups excluding carboxylic acids is 1. The second kappa shape index (κ2) is 6.25. The molecule has 1 N–H and O–H groups in total. The topological polar surface area (TPSA) is 64.1 Å². The number of hydrogen-bond donors (Lipinski definition) is 1. The van der Waals surface area contributed by atoms with Gasteiger partial charge in [0.2, 0.25) is 5.82 Å². The highest BCUT2D eigenvalue weighted by Crippen LogP contribution is 2.13. The van der Waals surface area contributed by atoms with E-state index in [1.807, 2.05) is 0 Å². The summed E-state index contributed by atoms with van der Waals surface area (Å²) in [6.45, 7) is 1.79. The predicted octanol–water partition coefficient (Wildman–Crippen LogP) is 2.46. The first kappa shape index (κ1) is 14.8. The molecule has 0 amide bonds. The van der Waals surface area contributed by atoms with Crippen LogP contribution in [0.2, 0.25) is 0 Å². The zero-order valence-electron chi connectivity index (χ0n) is 11.5. The van der Waals surface area contributed by atoms with Crippen molar-refractivity contribution in [3.05, 3.63) is 53.0 Å². The number of aryl methyl sites for hydroxylation is 1. The van der Waals surface area contributed by atoms with Crippen LogP contribution in [-0.2, 0) is 11.3 Å². The van der Waals surface area contributed by atoms with Gasteiger partial charge >= 0.3 is 5.97 Å². The minimum absolute atomic E-state index is 0.0837. The summed E-state index contributed by atoms with van der Waals surface area (Å²) in [7, 11) is 1.23. The smallest absolute Gasteiger partial charge is 0.376 e. The van der Waals surface area contributed by atoms with Gasteiger partial charge in [-0.2, -0.15) is 0 Å². The van der Waals surface area contributed by atoms with E-state index in [2.05, 4.69) is 20.0 Å². The number of benzene rings is 1. The molecule has 0 fully saturated rings. The van der Waals surface area contributed by atoms with Gasteiger partial charge in [0.15, 0.2) is 0 Å². The van der Waals surface area contributed by atoms with Gasteiger partial charge in [0.05, 0.1) is 7.11 Å². The van der Waals surface area contributed by atoms with E-state index < -0.39 is 17.6 Å². The number of rotatable bonds is 4. The highest BCUT2D eigenvalue weighted by molar-refractivity contribution is 5.85. The van der Waals surface area contributed by atoms with Gasteiger partial charge < -0.3 is 10.1 Å². The van der Waals surface area contributed by atoms with Crippen molar-refractivity contribution in [3.8, 4) is 0 Å². The van der Waals surface area contributed by atoms with Gasteiger partial charge in [-0.1, -0.05) is 6.07 Å². The predicted molar refractivity (Wildman–Crippen MR) is 71.8 cm³/mol. The Bertz CT molecular complexity index is 677. The summed E-state index contributed by atoms with van der Waals surface area (Å²) in [6.07, 6.45) is 0. The first-order chi connectivity index (χ1) is 9.99. The molecular formula is C14H13F2N3O2.